The van der Waals surface area contributed by atoms with Gasteiger partial charge in [0.15, 0.2) is 0 Å². The molecule has 0 atom stereocenters. The minimum atomic E-state index is 2.00. The van der Waals surface area contributed by atoms with Crippen LogP contribution in [-0.2, 0) is 20.7 Å². The van der Waals surface area contributed by atoms with Crippen LogP contribution >= 0.6 is 0 Å². The average Bonchev–Trinajstić information content (AvgIpc) is 0.811. The number of rotatable bonds is 0. The second-order valence-electron chi connectivity index (χ2n) is 0.894. The Morgan fingerprint density at radius 3 is 1.50 bits per heavy atom. The Morgan fingerprint density at radius 1 is 1.50 bits per heavy atom. The standard InChI is InChI=1S/C2H6N.Ti/c1-3-2;/h1-2H3;/q-1;+1/i;1-47. The average molecular weight is 45.1 g/mol. The van der Waals surface area contributed by atoms with Gasteiger partial charge in [0.05, 0.1) is 0 Å². The van der Waals surface area contributed by atoms with Crippen LogP contribution in [-0.4, -0.2) is 17.5 Å². The molecule has 0 radical (unpaired) electrons. The maximum absolute atomic E-state index is 2.00. The van der Waals surface area contributed by atoms with Gasteiger partial charge in [0.1, 0.15) is 0 Å². The van der Waals surface area contributed by atoms with E-state index >= 15 is 0 Å². The van der Waals surface area contributed by atoms with Crippen molar-refractivity contribution in [1.82, 2.24) is 3.38 Å². The summed E-state index contributed by atoms with van der Waals surface area (Å²) in [7, 11) is 4.00. The maximum atomic E-state index is 2.00. The molecule has 0 amide bonds. The molecule has 0 saturated heterocycles. The molecule has 0 bridgehead atoms. The van der Waals surface area contributed by atoms with E-state index in [1.54, 1.807) is 0 Å². The summed E-state index contributed by atoms with van der Waals surface area (Å²) in [4.78, 5) is 0. The van der Waals surface area contributed by atoms with Crippen LogP contribution in [0, 0.1) is 0 Å². The zero-order chi connectivity index (χ0) is 3.58. The van der Waals surface area contributed by atoms with Gasteiger partial charge in [-0.05, 0) is 0 Å². The minimum absolute atomic E-state index is 2.00. The van der Waals surface area contributed by atoms with Gasteiger partial charge in [0.25, 0.3) is 0 Å². The second kappa shape index (κ2) is 1.95. The van der Waals surface area contributed by atoms with Crippen LogP contribution in [0.5, 0.6) is 0 Å². The van der Waals surface area contributed by atoms with Crippen molar-refractivity contribution < 1.29 is 20.7 Å². The Morgan fingerprint density at radius 2 is 1.50 bits per heavy atom. The first-order chi connectivity index (χ1) is 1.73. The van der Waals surface area contributed by atoms with Crippen LogP contribution in [0.1, 0.15) is 0 Å². The van der Waals surface area contributed by atoms with Crippen molar-refractivity contribution in [3.8, 4) is 0 Å². The van der Waals surface area contributed by atoms with Crippen molar-refractivity contribution in [3.63, 3.8) is 0 Å². The number of nitrogens with zero attached hydrogens (tertiary/aromatic N) is 1. The van der Waals surface area contributed by atoms with Crippen molar-refractivity contribution in [3.05, 3.63) is 0 Å². The molecule has 0 aliphatic rings. The molecule has 0 unspecified atom stereocenters. The molecule has 0 aromatic heterocycles. The molecule has 0 saturated carbocycles. The van der Waals surface area contributed by atoms with Gasteiger partial charge in [-0.3, -0.25) is 0 Å². The summed E-state index contributed by atoms with van der Waals surface area (Å²) in [6.07, 6.45) is 0. The summed E-state index contributed by atoms with van der Waals surface area (Å²) < 4.78 is 2.00. The Labute approximate surface area is 38.7 Å². The van der Waals surface area contributed by atoms with Crippen molar-refractivity contribution in [1.29, 1.82) is 0 Å². The number of hydrogen-bond acceptors (Lipinski definition) is 1. The monoisotopic (exact) mass is 45.1 g/mol. The second-order valence-corrected chi connectivity index (χ2v) is 2.29. The summed E-state index contributed by atoms with van der Waals surface area (Å²) in [5.41, 5.74) is 0. The van der Waals surface area contributed by atoms with Gasteiger partial charge < -0.3 is 0 Å². The van der Waals surface area contributed by atoms with Gasteiger partial charge in [0, 0.05) is 0 Å². The molecule has 0 aromatic carbocycles. The first-order valence-electron chi connectivity index (χ1n) is 1.12. The zero-order valence-electron chi connectivity index (χ0n) is 2.95. The van der Waals surface area contributed by atoms with Gasteiger partial charge in [-0.15, -0.1) is 0 Å². The van der Waals surface area contributed by atoms with Gasteiger partial charge in [0.2, 0.25) is 0 Å². The Hall–Kier alpha value is 0.674. The zero-order valence-corrected chi connectivity index (χ0v) is 4.51. The van der Waals surface area contributed by atoms with Gasteiger partial charge in [-0.25, -0.2) is 0 Å². The fourth-order valence-corrected chi connectivity index (χ4v) is 0. The van der Waals surface area contributed by atoms with Crippen LogP contribution < -0.4 is 0 Å². The SMILES string of the molecule is C[N](C)[1Ti]. The molecule has 0 rings (SSSR count). The molecule has 0 aliphatic heterocycles. The van der Waals surface area contributed by atoms with E-state index in [-0.39, 0.29) is 0 Å². The molecule has 0 N–H and O–H groups in total. The van der Waals surface area contributed by atoms with E-state index in [1.807, 2.05) is 38.2 Å². The summed E-state index contributed by atoms with van der Waals surface area (Å²) in [5.74, 6) is 0. The third-order valence-electron chi connectivity index (χ3n) is 0. The van der Waals surface area contributed by atoms with E-state index in [1.165, 1.54) is 0 Å². The molecular weight excluding hydrogens is 39.0 g/mol. The summed E-state index contributed by atoms with van der Waals surface area (Å²) in [5, 5.41) is 0. The molecule has 0 aromatic rings. The molecule has 2 heteroatoms. The van der Waals surface area contributed by atoms with E-state index in [0.717, 1.165) is 0 Å². The van der Waals surface area contributed by atoms with E-state index in [2.05, 4.69) is 0 Å². The topological polar surface area (TPSA) is 3.24 Å². The summed E-state index contributed by atoms with van der Waals surface area (Å²) in [6.45, 7) is 0. The van der Waals surface area contributed by atoms with Crippen molar-refractivity contribution in [2.45, 2.75) is 0 Å². The third-order valence-corrected chi connectivity index (χ3v) is 0. The predicted octanol–water partition coefficient (Wildman–Crippen LogP) is 0.00980. The van der Waals surface area contributed by atoms with Crippen LogP contribution in [0.2, 0.25) is 0 Å². The van der Waals surface area contributed by atoms with E-state index in [9.17, 15) is 0 Å². The molecule has 4 heavy (non-hydrogen) atoms. The predicted molar refractivity (Wildman–Crippen MR) is 13.7 cm³/mol. The van der Waals surface area contributed by atoms with Gasteiger partial charge in [-0.1, -0.05) is 0 Å². The van der Waals surface area contributed by atoms with Crippen molar-refractivity contribution in [2.75, 3.05) is 14.1 Å². The van der Waals surface area contributed by atoms with E-state index < -0.39 is 0 Å². The Balaban J connectivity index is 2.32. The molecule has 0 fully saturated rings. The van der Waals surface area contributed by atoms with E-state index in [4.69, 9.17) is 0 Å². The fourth-order valence-electron chi connectivity index (χ4n) is 0. The Kier molecular flexibility index (Phi) is 2.27. The Bertz CT molecular complexity index is 10.8. The summed E-state index contributed by atoms with van der Waals surface area (Å²) in [6, 6.07) is 0. The van der Waals surface area contributed by atoms with Gasteiger partial charge in [-0.2, -0.15) is 0 Å². The first-order valence-corrected chi connectivity index (χ1v) is 1.82. The fraction of sp³-hybridized carbons (Fsp3) is 1.00. The molecular formula is C2H6NTi. The molecule has 1 nitrogen and oxygen atoms in total. The normalized spacial score (nSPS) is 8.50. The van der Waals surface area contributed by atoms with Crippen LogP contribution in [0.25, 0.3) is 0 Å². The molecule has 0 heterocycles. The summed E-state index contributed by atoms with van der Waals surface area (Å²) >= 11 is 2.00. The third kappa shape index (κ3) is 16.5. The van der Waals surface area contributed by atoms with Crippen LogP contribution in [0.15, 0.2) is 0 Å². The van der Waals surface area contributed by atoms with E-state index in [0.29, 0.717) is 0 Å². The van der Waals surface area contributed by atoms with Gasteiger partial charge >= 0.3 is 38.2 Å². The van der Waals surface area contributed by atoms with Crippen molar-refractivity contribution in [2.24, 2.45) is 0 Å². The number of hydrogen-bond donors (Lipinski definition) is 0. The first kappa shape index (κ1) is 4.67. The molecule has 0 spiro atoms. The quantitative estimate of drug-likeness (QED) is 0.347. The van der Waals surface area contributed by atoms with Crippen LogP contribution in [0.4, 0.5) is 0 Å². The van der Waals surface area contributed by atoms with Crippen LogP contribution in [0.3, 0.4) is 0 Å². The molecule has 23 valence electrons. The van der Waals surface area contributed by atoms with Crippen molar-refractivity contribution >= 4 is 0 Å². The molecule has 0 aliphatic carbocycles.